The molecule has 18 heavy (non-hydrogen) atoms. The monoisotopic (exact) mass is 252 g/mol. The third kappa shape index (κ3) is 3.27. The van der Waals surface area contributed by atoms with Crippen molar-refractivity contribution in [2.75, 3.05) is 6.54 Å². The molecule has 0 amide bonds. The Morgan fingerprint density at radius 2 is 1.67 bits per heavy atom. The maximum Gasteiger partial charge on any atom is 0.0124 e. The Bertz CT molecular complexity index is 245. The minimum absolute atomic E-state index is 0.476. The molecule has 2 rings (SSSR count). The lowest BCUT2D eigenvalue weighted by molar-refractivity contribution is 0.0430. The molecule has 0 aliphatic heterocycles. The van der Waals surface area contributed by atoms with Crippen LogP contribution in [0.15, 0.2) is 0 Å². The summed E-state index contributed by atoms with van der Waals surface area (Å²) >= 11 is 0. The van der Waals surface area contributed by atoms with Crippen molar-refractivity contribution in [2.45, 2.75) is 83.8 Å². The van der Waals surface area contributed by atoms with Crippen LogP contribution in [0.4, 0.5) is 0 Å². The van der Waals surface area contributed by atoms with Gasteiger partial charge in [0, 0.05) is 18.1 Å². The molecule has 0 saturated heterocycles. The van der Waals surface area contributed by atoms with Gasteiger partial charge >= 0.3 is 0 Å². The minimum atomic E-state index is 0.476. The standard InChI is InChI=1S/C16H32N2/c1-4-18(15-8-6-14(17)7-9-15)16-10-5-12(2)11-13(16)3/h12-16H,4-11,17H2,1-3H3. The van der Waals surface area contributed by atoms with Crippen LogP contribution < -0.4 is 5.73 Å². The molecular weight excluding hydrogens is 220 g/mol. The van der Waals surface area contributed by atoms with Crippen molar-refractivity contribution in [3.05, 3.63) is 0 Å². The number of nitrogens with zero attached hydrogens (tertiary/aromatic N) is 1. The summed E-state index contributed by atoms with van der Waals surface area (Å²) in [4.78, 5) is 2.82. The van der Waals surface area contributed by atoms with Gasteiger partial charge < -0.3 is 5.73 Å². The second kappa shape index (κ2) is 6.38. The molecule has 2 aliphatic rings. The van der Waals surface area contributed by atoms with Gasteiger partial charge in [-0.15, -0.1) is 0 Å². The van der Waals surface area contributed by atoms with E-state index in [2.05, 4.69) is 25.7 Å². The van der Waals surface area contributed by atoms with Crippen LogP contribution in [0.2, 0.25) is 0 Å². The molecule has 2 nitrogen and oxygen atoms in total. The van der Waals surface area contributed by atoms with E-state index >= 15 is 0 Å². The van der Waals surface area contributed by atoms with E-state index in [1.807, 2.05) is 0 Å². The molecular formula is C16H32N2. The van der Waals surface area contributed by atoms with Gasteiger partial charge in [0.05, 0.1) is 0 Å². The number of nitrogens with two attached hydrogens (primary N) is 1. The molecule has 106 valence electrons. The maximum atomic E-state index is 6.04. The summed E-state index contributed by atoms with van der Waals surface area (Å²) in [6, 6.07) is 2.13. The number of hydrogen-bond acceptors (Lipinski definition) is 2. The van der Waals surface area contributed by atoms with Gasteiger partial charge in [-0.05, 0) is 63.3 Å². The fraction of sp³-hybridized carbons (Fsp3) is 1.00. The summed E-state index contributed by atoms with van der Waals surface area (Å²) in [6.07, 6.45) is 9.39. The molecule has 3 unspecified atom stereocenters. The van der Waals surface area contributed by atoms with Gasteiger partial charge in [0.1, 0.15) is 0 Å². The van der Waals surface area contributed by atoms with Crippen molar-refractivity contribution in [1.82, 2.24) is 4.90 Å². The lowest BCUT2D eigenvalue weighted by atomic mass is 9.77. The van der Waals surface area contributed by atoms with Gasteiger partial charge in [0.15, 0.2) is 0 Å². The quantitative estimate of drug-likeness (QED) is 0.834. The normalized spacial score (nSPS) is 42.2. The van der Waals surface area contributed by atoms with Crippen molar-refractivity contribution in [2.24, 2.45) is 17.6 Å². The van der Waals surface area contributed by atoms with E-state index in [-0.39, 0.29) is 0 Å². The average molecular weight is 252 g/mol. The second-order valence-electron chi connectivity index (χ2n) is 6.86. The SMILES string of the molecule is CCN(C1CCC(N)CC1)C1CCC(C)CC1C. The second-order valence-corrected chi connectivity index (χ2v) is 6.86. The molecule has 2 heteroatoms. The Morgan fingerprint density at radius 3 is 2.22 bits per heavy atom. The molecule has 0 spiro atoms. The van der Waals surface area contributed by atoms with Gasteiger partial charge in [-0.2, -0.15) is 0 Å². The molecule has 0 aromatic rings. The predicted octanol–water partition coefficient (Wildman–Crippen LogP) is 3.40. The highest BCUT2D eigenvalue weighted by atomic mass is 15.2. The molecule has 2 aliphatic carbocycles. The van der Waals surface area contributed by atoms with Crippen LogP contribution in [0.3, 0.4) is 0 Å². The van der Waals surface area contributed by atoms with E-state index < -0.39 is 0 Å². The largest absolute Gasteiger partial charge is 0.328 e. The van der Waals surface area contributed by atoms with Crippen LogP contribution in [0.1, 0.15) is 65.7 Å². The van der Waals surface area contributed by atoms with Crippen LogP contribution in [-0.4, -0.2) is 29.6 Å². The van der Waals surface area contributed by atoms with Gasteiger partial charge in [0.25, 0.3) is 0 Å². The highest BCUT2D eigenvalue weighted by Gasteiger charge is 2.34. The fourth-order valence-corrected chi connectivity index (χ4v) is 4.34. The highest BCUT2D eigenvalue weighted by molar-refractivity contribution is 4.89. The number of rotatable bonds is 3. The van der Waals surface area contributed by atoms with Crippen molar-refractivity contribution in [3.8, 4) is 0 Å². The Labute approximate surface area is 113 Å². The minimum Gasteiger partial charge on any atom is -0.328 e. The first-order valence-electron chi connectivity index (χ1n) is 8.13. The highest BCUT2D eigenvalue weighted by Crippen LogP contribution is 2.35. The third-order valence-corrected chi connectivity index (χ3v) is 5.39. The average Bonchev–Trinajstić information content (AvgIpc) is 2.35. The number of hydrogen-bond donors (Lipinski definition) is 1. The van der Waals surface area contributed by atoms with Crippen LogP contribution in [-0.2, 0) is 0 Å². The first-order valence-corrected chi connectivity index (χ1v) is 8.13. The van der Waals surface area contributed by atoms with Crippen LogP contribution >= 0.6 is 0 Å². The predicted molar refractivity (Wildman–Crippen MR) is 78.6 cm³/mol. The summed E-state index contributed by atoms with van der Waals surface area (Å²) < 4.78 is 0. The summed E-state index contributed by atoms with van der Waals surface area (Å²) in [7, 11) is 0. The van der Waals surface area contributed by atoms with Gasteiger partial charge in [-0.3, -0.25) is 4.90 Å². The first-order chi connectivity index (χ1) is 8.61. The zero-order chi connectivity index (χ0) is 13.1. The summed E-state index contributed by atoms with van der Waals surface area (Å²) in [5, 5.41) is 0. The van der Waals surface area contributed by atoms with Crippen molar-refractivity contribution in [1.29, 1.82) is 0 Å². The smallest absolute Gasteiger partial charge is 0.0124 e. The zero-order valence-corrected chi connectivity index (χ0v) is 12.6. The molecule has 0 radical (unpaired) electrons. The lowest BCUT2D eigenvalue weighted by Gasteiger charge is -2.45. The molecule has 2 N–H and O–H groups in total. The van der Waals surface area contributed by atoms with Crippen molar-refractivity contribution in [3.63, 3.8) is 0 Å². The van der Waals surface area contributed by atoms with Gasteiger partial charge in [-0.1, -0.05) is 20.8 Å². The topological polar surface area (TPSA) is 29.3 Å². The Morgan fingerprint density at radius 1 is 1.00 bits per heavy atom. The Balaban J connectivity index is 1.95. The fourth-order valence-electron chi connectivity index (χ4n) is 4.34. The molecule has 2 saturated carbocycles. The van der Waals surface area contributed by atoms with E-state index in [0.717, 1.165) is 23.9 Å². The molecule has 0 aromatic heterocycles. The van der Waals surface area contributed by atoms with E-state index in [9.17, 15) is 0 Å². The molecule has 3 atom stereocenters. The van der Waals surface area contributed by atoms with Gasteiger partial charge in [-0.25, -0.2) is 0 Å². The lowest BCUT2D eigenvalue weighted by Crippen LogP contribution is -2.50. The van der Waals surface area contributed by atoms with Crippen LogP contribution in [0.5, 0.6) is 0 Å². The Kier molecular flexibility index (Phi) is 5.08. The summed E-state index contributed by atoms with van der Waals surface area (Å²) in [6.45, 7) is 8.46. The van der Waals surface area contributed by atoms with Gasteiger partial charge in [0.2, 0.25) is 0 Å². The van der Waals surface area contributed by atoms with Crippen LogP contribution in [0, 0.1) is 11.8 Å². The summed E-state index contributed by atoms with van der Waals surface area (Å²) in [5.41, 5.74) is 6.04. The van der Waals surface area contributed by atoms with E-state index in [4.69, 9.17) is 5.73 Å². The summed E-state index contributed by atoms with van der Waals surface area (Å²) in [5.74, 6) is 1.82. The first kappa shape index (κ1) is 14.3. The zero-order valence-electron chi connectivity index (χ0n) is 12.6. The van der Waals surface area contributed by atoms with E-state index in [0.29, 0.717) is 6.04 Å². The van der Waals surface area contributed by atoms with E-state index in [1.165, 1.54) is 51.5 Å². The molecule has 2 fully saturated rings. The maximum absolute atomic E-state index is 6.04. The van der Waals surface area contributed by atoms with Crippen molar-refractivity contribution < 1.29 is 0 Å². The molecule has 0 heterocycles. The van der Waals surface area contributed by atoms with Crippen molar-refractivity contribution >= 4 is 0 Å². The van der Waals surface area contributed by atoms with E-state index in [1.54, 1.807) is 0 Å². The molecule has 0 aromatic carbocycles. The van der Waals surface area contributed by atoms with Crippen LogP contribution in [0.25, 0.3) is 0 Å². The third-order valence-electron chi connectivity index (χ3n) is 5.39. The molecule has 0 bridgehead atoms. The Hall–Kier alpha value is -0.0800.